The summed E-state index contributed by atoms with van der Waals surface area (Å²) in [5.41, 5.74) is 1.19. The van der Waals surface area contributed by atoms with Gasteiger partial charge in [-0.1, -0.05) is 13.8 Å². The molecule has 0 saturated heterocycles. The fourth-order valence-electron chi connectivity index (χ4n) is 2.08. The maximum Gasteiger partial charge on any atom is 0.255 e. The number of nitrogens with one attached hydrogen (secondary N) is 1. The van der Waals surface area contributed by atoms with Crippen molar-refractivity contribution in [2.24, 2.45) is 5.92 Å². The minimum absolute atomic E-state index is 0.197. The fraction of sp³-hybridized carbons (Fsp3) is 0.316. The predicted molar refractivity (Wildman–Crippen MR) is 94.3 cm³/mol. The molecule has 0 atom stereocenters. The summed E-state index contributed by atoms with van der Waals surface area (Å²) < 4.78 is 16.0. The molecule has 0 aliphatic heterocycles. The predicted octanol–water partition coefficient (Wildman–Crippen LogP) is 3.99. The van der Waals surface area contributed by atoms with Gasteiger partial charge in [-0.25, -0.2) is 0 Å². The Morgan fingerprint density at radius 1 is 1.00 bits per heavy atom. The Hall–Kier alpha value is -2.69. The van der Waals surface area contributed by atoms with Crippen LogP contribution in [0.2, 0.25) is 0 Å². The van der Waals surface area contributed by atoms with Crippen molar-refractivity contribution in [2.75, 3.05) is 26.1 Å². The second-order valence-electron chi connectivity index (χ2n) is 5.75. The highest BCUT2D eigenvalue weighted by atomic mass is 16.5. The van der Waals surface area contributed by atoms with Gasteiger partial charge >= 0.3 is 0 Å². The van der Waals surface area contributed by atoms with Gasteiger partial charge in [0, 0.05) is 17.3 Å². The van der Waals surface area contributed by atoms with Crippen LogP contribution in [0.15, 0.2) is 42.5 Å². The molecule has 5 heteroatoms. The molecule has 0 heterocycles. The number of amides is 1. The highest BCUT2D eigenvalue weighted by Crippen LogP contribution is 2.30. The maximum absolute atomic E-state index is 12.3. The van der Waals surface area contributed by atoms with Crippen molar-refractivity contribution < 1.29 is 19.0 Å². The number of ether oxygens (including phenoxy) is 3. The molecule has 24 heavy (non-hydrogen) atoms. The van der Waals surface area contributed by atoms with Crippen molar-refractivity contribution >= 4 is 11.6 Å². The lowest BCUT2D eigenvalue weighted by Gasteiger charge is -2.11. The van der Waals surface area contributed by atoms with E-state index in [0.717, 1.165) is 5.75 Å². The first-order valence-corrected chi connectivity index (χ1v) is 7.79. The van der Waals surface area contributed by atoms with Gasteiger partial charge in [0.2, 0.25) is 0 Å². The highest BCUT2D eigenvalue weighted by molar-refractivity contribution is 6.04. The summed E-state index contributed by atoms with van der Waals surface area (Å²) in [4.78, 5) is 12.3. The van der Waals surface area contributed by atoms with Crippen molar-refractivity contribution in [1.29, 1.82) is 0 Å². The lowest BCUT2D eigenvalue weighted by atomic mass is 10.2. The van der Waals surface area contributed by atoms with Crippen LogP contribution in [0.25, 0.3) is 0 Å². The third-order valence-electron chi connectivity index (χ3n) is 3.34. The lowest BCUT2D eigenvalue weighted by Crippen LogP contribution is -2.12. The SMILES string of the molecule is COc1ccc(NC(=O)c2ccc(OCC(C)C)cc2)cc1OC. The Bertz CT molecular complexity index is 680. The topological polar surface area (TPSA) is 56.8 Å². The number of methoxy groups -OCH3 is 2. The van der Waals surface area contributed by atoms with Crippen LogP contribution >= 0.6 is 0 Å². The third-order valence-corrected chi connectivity index (χ3v) is 3.34. The van der Waals surface area contributed by atoms with E-state index in [1.807, 2.05) is 0 Å². The van der Waals surface area contributed by atoms with Crippen molar-refractivity contribution in [3.63, 3.8) is 0 Å². The van der Waals surface area contributed by atoms with E-state index >= 15 is 0 Å². The van der Waals surface area contributed by atoms with Gasteiger partial charge in [0.1, 0.15) is 5.75 Å². The molecule has 2 aromatic carbocycles. The Morgan fingerprint density at radius 3 is 2.25 bits per heavy atom. The monoisotopic (exact) mass is 329 g/mol. The van der Waals surface area contributed by atoms with E-state index in [1.165, 1.54) is 0 Å². The number of carbonyl (C=O) groups excluding carboxylic acids is 1. The molecule has 0 spiro atoms. The van der Waals surface area contributed by atoms with Gasteiger partial charge < -0.3 is 19.5 Å². The third kappa shape index (κ3) is 4.65. The lowest BCUT2D eigenvalue weighted by molar-refractivity contribution is 0.102. The van der Waals surface area contributed by atoms with Gasteiger partial charge in [-0.2, -0.15) is 0 Å². The molecule has 1 N–H and O–H groups in total. The smallest absolute Gasteiger partial charge is 0.255 e. The van der Waals surface area contributed by atoms with Gasteiger partial charge in [0.05, 0.1) is 20.8 Å². The molecule has 0 radical (unpaired) electrons. The summed E-state index contributed by atoms with van der Waals surface area (Å²) >= 11 is 0. The summed E-state index contributed by atoms with van der Waals surface area (Å²) in [7, 11) is 3.12. The number of hydrogen-bond acceptors (Lipinski definition) is 4. The first kappa shape index (κ1) is 17.7. The second-order valence-corrected chi connectivity index (χ2v) is 5.75. The summed E-state index contributed by atoms with van der Waals surface area (Å²) in [5.74, 6) is 2.19. The first-order valence-electron chi connectivity index (χ1n) is 7.79. The van der Waals surface area contributed by atoms with Crippen LogP contribution in [0.5, 0.6) is 17.2 Å². The average molecular weight is 329 g/mol. The number of rotatable bonds is 7. The minimum atomic E-state index is -0.197. The van der Waals surface area contributed by atoms with Crippen LogP contribution in [0, 0.1) is 5.92 Å². The first-order chi connectivity index (χ1) is 11.5. The molecule has 128 valence electrons. The molecule has 0 aromatic heterocycles. The highest BCUT2D eigenvalue weighted by Gasteiger charge is 2.09. The van der Waals surface area contributed by atoms with Crippen LogP contribution in [0.3, 0.4) is 0 Å². The molecular weight excluding hydrogens is 306 g/mol. The molecule has 0 unspecified atom stereocenters. The molecule has 0 aliphatic rings. The van der Waals surface area contributed by atoms with Crippen LogP contribution in [0.1, 0.15) is 24.2 Å². The normalized spacial score (nSPS) is 10.4. The van der Waals surface area contributed by atoms with Gasteiger partial charge in [0.15, 0.2) is 11.5 Å². The van der Waals surface area contributed by atoms with Gasteiger partial charge in [-0.15, -0.1) is 0 Å². The van der Waals surface area contributed by atoms with E-state index in [0.29, 0.717) is 35.3 Å². The summed E-state index contributed by atoms with van der Waals surface area (Å²) in [5, 5.41) is 2.84. The van der Waals surface area contributed by atoms with Gasteiger partial charge in [-0.3, -0.25) is 4.79 Å². The van der Waals surface area contributed by atoms with Crippen molar-refractivity contribution in [3.8, 4) is 17.2 Å². The van der Waals surface area contributed by atoms with Crippen LogP contribution in [-0.2, 0) is 0 Å². The van der Waals surface area contributed by atoms with Crippen molar-refractivity contribution in [2.45, 2.75) is 13.8 Å². The molecule has 0 fully saturated rings. The molecule has 1 amide bonds. The van der Waals surface area contributed by atoms with E-state index < -0.39 is 0 Å². The fourth-order valence-corrected chi connectivity index (χ4v) is 2.08. The molecule has 5 nitrogen and oxygen atoms in total. The van der Waals surface area contributed by atoms with Gasteiger partial charge in [-0.05, 0) is 42.3 Å². The largest absolute Gasteiger partial charge is 0.493 e. The van der Waals surface area contributed by atoms with E-state index in [1.54, 1.807) is 56.7 Å². The molecule has 2 aromatic rings. The zero-order chi connectivity index (χ0) is 17.5. The Labute approximate surface area is 142 Å². The Kier molecular flexibility index (Phi) is 6.07. The van der Waals surface area contributed by atoms with Crippen molar-refractivity contribution in [3.05, 3.63) is 48.0 Å². The standard InChI is InChI=1S/C19H23NO4/c1-13(2)12-24-16-8-5-14(6-9-16)19(21)20-15-7-10-17(22-3)18(11-15)23-4/h5-11,13H,12H2,1-4H3,(H,20,21). The van der Waals surface area contributed by atoms with Crippen LogP contribution in [-0.4, -0.2) is 26.7 Å². The van der Waals surface area contributed by atoms with E-state index in [4.69, 9.17) is 14.2 Å². The van der Waals surface area contributed by atoms with E-state index in [9.17, 15) is 4.79 Å². The number of anilines is 1. The summed E-state index contributed by atoms with van der Waals surface area (Å²) in [6, 6.07) is 12.3. The number of hydrogen-bond donors (Lipinski definition) is 1. The minimum Gasteiger partial charge on any atom is -0.493 e. The Morgan fingerprint density at radius 2 is 1.67 bits per heavy atom. The second kappa shape index (κ2) is 8.24. The Balaban J connectivity index is 2.04. The number of carbonyl (C=O) groups is 1. The maximum atomic E-state index is 12.3. The van der Waals surface area contributed by atoms with Crippen LogP contribution < -0.4 is 19.5 Å². The summed E-state index contributed by atoms with van der Waals surface area (Å²) in [6.45, 7) is 4.83. The average Bonchev–Trinajstić information content (AvgIpc) is 2.60. The molecule has 0 aliphatic carbocycles. The molecule has 2 rings (SSSR count). The quantitative estimate of drug-likeness (QED) is 0.834. The molecular formula is C19H23NO4. The van der Waals surface area contributed by atoms with E-state index in [2.05, 4.69) is 19.2 Å². The van der Waals surface area contributed by atoms with Gasteiger partial charge in [0.25, 0.3) is 5.91 Å². The van der Waals surface area contributed by atoms with E-state index in [-0.39, 0.29) is 5.91 Å². The zero-order valence-corrected chi connectivity index (χ0v) is 14.5. The molecule has 0 saturated carbocycles. The zero-order valence-electron chi connectivity index (χ0n) is 14.5. The summed E-state index contributed by atoms with van der Waals surface area (Å²) in [6.07, 6.45) is 0. The molecule has 0 bridgehead atoms. The van der Waals surface area contributed by atoms with Crippen LogP contribution in [0.4, 0.5) is 5.69 Å². The van der Waals surface area contributed by atoms with Crippen molar-refractivity contribution in [1.82, 2.24) is 0 Å². The number of benzene rings is 2.